The van der Waals surface area contributed by atoms with Crippen LogP contribution < -0.4 is 16.0 Å². The van der Waals surface area contributed by atoms with Crippen LogP contribution in [-0.2, 0) is 20.9 Å². The van der Waals surface area contributed by atoms with Gasteiger partial charge in [-0.1, -0.05) is 63.4 Å². The molecule has 1 saturated heterocycles. The summed E-state index contributed by atoms with van der Waals surface area (Å²) >= 11 is 0. The summed E-state index contributed by atoms with van der Waals surface area (Å²) in [6.45, 7) is 8.33. The van der Waals surface area contributed by atoms with Gasteiger partial charge >= 0.3 is 6.09 Å². The second-order valence-corrected chi connectivity index (χ2v) is 10.7. The third-order valence-electron chi connectivity index (χ3n) is 7.51. The van der Waals surface area contributed by atoms with Crippen LogP contribution in [-0.4, -0.2) is 79.2 Å². The Bertz CT molecular complexity index is 875. The summed E-state index contributed by atoms with van der Waals surface area (Å²) in [7, 11) is 1.71. The van der Waals surface area contributed by atoms with Gasteiger partial charge in [-0.15, -0.1) is 0 Å². The third-order valence-corrected chi connectivity index (χ3v) is 7.51. The number of likely N-dealkylation sites (N-methyl/N-ethyl adjacent to an activating group) is 1. The monoisotopic (exact) mass is 515 g/mol. The molecule has 9 nitrogen and oxygen atoms in total. The van der Waals surface area contributed by atoms with Crippen LogP contribution in [0.1, 0.15) is 58.4 Å². The Labute approximate surface area is 221 Å². The highest BCUT2D eigenvalue weighted by Gasteiger charge is 2.38. The average molecular weight is 516 g/mol. The van der Waals surface area contributed by atoms with Crippen molar-refractivity contribution in [3.05, 3.63) is 35.9 Å². The molecule has 0 aromatic heterocycles. The van der Waals surface area contributed by atoms with E-state index < -0.39 is 24.4 Å². The van der Waals surface area contributed by atoms with E-state index in [1.54, 1.807) is 18.9 Å². The Hall–Kier alpha value is -2.65. The molecular weight excluding hydrogens is 470 g/mol. The van der Waals surface area contributed by atoms with Crippen LogP contribution in [0.3, 0.4) is 0 Å². The van der Waals surface area contributed by atoms with Gasteiger partial charge in [0.15, 0.2) is 6.23 Å². The molecule has 206 valence electrons. The van der Waals surface area contributed by atoms with Gasteiger partial charge in [-0.05, 0) is 44.2 Å². The first-order valence-corrected chi connectivity index (χ1v) is 13.8. The Morgan fingerprint density at radius 1 is 1.03 bits per heavy atom. The normalized spacial score (nSPS) is 20.8. The number of piperazine rings is 1. The number of carbonyl (C=O) groups is 3. The number of hydrogen-bond donors (Lipinski definition) is 3. The van der Waals surface area contributed by atoms with Gasteiger partial charge in [0.1, 0.15) is 6.04 Å². The van der Waals surface area contributed by atoms with E-state index in [9.17, 15) is 14.4 Å². The molecule has 3 N–H and O–H groups in total. The highest BCUT2D eigenvalue weighted by Crippen LogP contribution is 2.23. The molecular formula is C28H45N5O4. The van der Waals surface area contributed by atoms with Crippen molar-refractivity contribution in [3.8, 4) is 0 Å². The van der Waals surface area contributed by atoms with Gasteiger partial charge in [-0.3, -0.25) is 14.5 Å². The second-order valence-electron chi connectivity index (χ2n) is 10.7. The van der Waals surface area contributed by atoms with Gasteiger partial charge in [0.2, 0.25) is 11.8 Å². The first-order valence-electron chi connectivity index (χ1n) is 13.8. The van der Waals surface area contributed by atoms with Crippen LogP contribution in [0.2, 0.25) is 0 Å². The summed E-state index contributed by atoms with van der Waals surface area (Å²) < 4.78 is 5.88. The van der Waals surface area contributed by atoms with Crippen molar-refractivity contribution in [2.75, 3.05) is 33.2 Å². The molecule has 1 aromatic rings. The van der Waals surface area contributed by atoms with Crippen LogP contribution >= 0.6 is 0 Å². The minimum Gasteiger partial charge on any atom is -0.424 e. The molecule has 1 saturated carbocycles. The first-order chi connectivity index (χ1) is 17.8. The van der Waals surface area contributed by atoms with Crippen molar-refractivity contribution in [3.63, 3.8) is 0 Å². The fourth-order valence-electron chi connectivity index (χ4n) is 5.03. The van der Waals surface area contributed by atoms with Crippen LogP contribution in [0.25, 0.3) is 0 Å². The van der Waals surface area contributed by atoms with E-state index in [-0.39, 0.29) is 17.7 Å². The van der Waals surface area contributed by atoms with Gasteiger partial charge in [0.05, 0.1) is 12.6 Å². The molecule has 0 radical (unpaired) electrons. The SMILES string of the molecule is CN[C@@H](C)C(=O)N[C@H](C(=O)N1CCN(Cc2ccccc2)C[C@@H]1OC(=O)NCC1CCCCC1)C(C)C. The standard InChI is InChI=1S/C28H45N5O4/c1-20(2)25(31-26(34)21(3)29-4)27(35)33-16-15-32(18-23-13-9-6-10-14-23)19-24(33)37-28(36)30-17-22-11-7-5-8-12-22/h6,9-10,13-14,20-22,24-25,29H,5,7-8,11-12,15-19H2,1-4H3,(H,30,36)(H,31,34)/t21-,24-,25-/m0/s1. The van der Waals surface area contributed by atoms with E-state index in [0.717, 1.165) is 18.4 Å². The van der Waals surface area contributed by atoms with E-state index in [4.69, 9.17) is 4.74 Å². The topological polar surface area (TPSA) is 103 Å². The lowest BCUT2D eigenvalue weighted by atomic mass is 9.89. The van der Waals surface area contributed by atoms with Gasteiger partial charge in [0.25, 0.3) is 0 Å². The lowest BCUT2D eigenvalue weighted by molar-refractivity contribution is -0.153. The zero-order chi connectivity index (χ0) is 26.8. The van der Waals surface area contributed by atoms with Crippen molar-refractivity contribution in [1.82, 2.24) is 25.8 Å². The minimum absolute atomic E-state index is 0.122. The smallest absolute Gasteiger partial charge is 0.409 e. The first kappa shape index (κ1) is 28.9. The van der Waals surface area contributed by atoms with Crippen molar-refractivity contribution in [2.45, 2.75) is 77.7 Å². The third kappa shape index (κ3) is 8.71. The summed E-state index contributed by atoms with van der Waals surface area (Å²) in [5, 5.41) is 8.74. The fourth-order valence-corrected chi connectivity index (χ4v) is 5.03. The molecule has 0 bridgehead atoms. The van der Waals surface area contributed by atoms with E-state index in [2.05, 4.69) is 33.0 Å². The highest BCUT2D eigenvalue weighted by atomic mass is 16.6. The lowest BCUT2D eigenvalue weighted by Gasteiger charge is -2.42. The van der Waals surface area contributed by atoms with E-state index in [1.807, 2.05) is 32.0 Å². The molecule has 9 heteroatoms. The van der Waals surface area contributed by atoms with E-state index >= 15 is 0 Å². The summed E-state index contributed by atoms with van der Waals surface area (Å²) in [5.74, 6) is -0.102. The minimum atomic E-state index is -0.740. The zero-order valence-electron chi connectivity index (χ0n) is 22.9. The summed E-state index contributed by atoms with van der Waals surface area (Å²) in [6, 6.07) is 9.00. The van der Waals surface area contributed by atoms with E-state index in [0.29, 0.717) is 38.6 Å². The van der Waals surface area contributed by atoms with Gasteiger partial charge < -0.3 is 25.6 Å². The van der Waals surface area contributed by atoms with Crippen LogP contribution in [0.4, 0.5) is 4.79 Å². The Morgan fingerprint density at radius 3 is 2.38 bits per heavy atom. The molecule has 1 aliphatic heterocycles. The molecule has 2 fully saturated rings. The van der Waals surface area contributed by atoms with Crippen LogP contribution in [0.5, 0.6) is 0 Å². The highest BCUT2D eigenvalue weighted by molar-refractivity contribution is 5.90. The summed E-state index contributed by atoms with van der Waals surface area (Å²) in [5.41, 5.74) is 1.16. The number of carbonyl (C=O) groups excluding carboxylic acids is 3. The average Bonchev–Trinajstić information content (AvgIpc) is 2.90. The molecule has 1 aliphatic carbocycles. The number of nitrogens with zero attached hydrogens (tertiary/aromatic N) is 2. The number of benzene rings is 1. The summed E-state index contributed by atoms with van der Waals surface area (Å²) in [4.78, 5) is 42.9. The molecule has 37 heavy (non-hydrogen) atoms. The maximum atomic E-state index is 13.7. The predicted molar refractivity (Wildman–Crippen MR) is 144 cm³/mol. The van der Waals surface area contributed by atoms with E-state index in [1.165, 1.54) is 19.3 Å². The number of amides is 3. The summed E-state index contributed by atoms with van der Waals surface area (Å²) in [6.07, 6.45) is 4.68. The molecule has 1 aromatic carbocycles. The Kier molecular flexibility index (Phi) is 11.2. The Morgan fingerprint density at radius 2 is 1.73 bits per heavy atom. The number of alkyl carbamates (subject to hydrolysis) is 1. The molecule has 2 aliphatic rings. The molecule has 1 heterocycles. The molecule has 0 spiro atoms. The molecule has 3 atom stereocenters. The zero-order valence-corrected chi connectivity index (χ0v) is 22.9. The Balaban J connectivity index is 1.70. The van der Waals surface area contributed by atoms with Crippen molar-refractivity contribution < 1.29 is 19.1 Å². The predicted octanol–water partition coefficient (Wildman–Crippen LogP) is 2.71. The molecule has 3 rings (SSSR count). The number of rotatable bonds is 10. The maximum absolute atomic E-state index is 13.7. The number of hydrogen-bond acceptors (Lipinski definition) is 6. The quantitative estimate of drug-likeness (QED) is 0.443. The van der Waals surface area contributed by atoms with Crippen molar-refractivity contribution in [1.29, 1.82) is 0 Å². The maximum Gasteiger partial charge on any atom is 0.409 e. The largest absolute Gasteiger partial charge is 0.424 e. The van der Waals surface area contributed by atoms with Gasteiger partial charge in [-0.2, -0.15) is 0 Å². The van der Waals surface area contributed by atoms with Crippen molar-refractivity contribution in [2.24, 2.45) is 11.8 Å². The van der Waals surface area contributed by atoms with Crippen molar-refractivity contribution >= 4 is 17.9 Å². The second kappa shape index (κ2) is 14.3. The van der Waals surface area contributed by atoms with Gasteiger partial charge in [-0.25, -0.2) is 4.79 Å². The molecule has 0 unspecified atom stereocenters. The molecule has 3 amide bonds. The number of nitrogens with one attached hydrogen (secondary N) is 3. The fraction of sp³-hybridized carbons (Fsp3) is 0.679. The van der Waals surface area contributed by atoms with Crippen LogP contribution in [0.15, 0.2) is 30.3 Å². The lowest BCUT2D eigenvalue weighted by Crippen LogP contribution is -2.62. The number of ether oxygens (including phenoxy) is 1. The van der Waals surface area contributed by atoms with Gasteiger partial charge in [0, 0.05) is 26.2 Å². The van der Waals surface area contributed by atoms with Crippen LogP contribution in [0, 0.1) is 11.8 Å².